The van der Waals surface area contributed by atoms with E-state index in [1.165, 1.54) is 5.56 Å². The quantitative estimate of drug-likeness (QED) is 0.879. The second kappa shape index (κ2) is 7.42. The molecule has 6 heteroatoms. The molecule has 2 aromatic rings. The van der Waals surface area contributed by atoms with Gasteiger partial charge in [-0.15, -0.1) is 0 Å². The fourth-order valence-corrected chi connectivity index (χ4v) is 3.12. The minimum atomic E-state index is -0.0273. The molecule has 0 atom stereocenters. The van der Waals surface area contributed by atoms with Crippen LogP contribution in [-0.4, -0.2) is 38.2 Å². The number of nitrogens with zero attached hydrogens (tertiary/aromatic N) is 3. The first-order valence-electron chi connectivity index (χ1n) is 8.63. The molecule has 2 heterocycles. The van der Waals surface area contributed by atoms with Crippen LogP contribution in [0.5, 0.6) is 0 Å². The van der Waals surface area contributed by atoms with E-state index < -0.39 is 0 Å². The van der Waals surface area contributed by atoms with Gasteiger partial charge in [-0.25, -0.2) is 9.78 Å². The molecule has 0 fully saturated rings. The lowest BCUT2D eigenvalue weighted by atomic mass is 10.1. The number of amides is 2. The van der Waals surface area contributed by atoms with Crippen LogP contribution in [0.3, 0.4) is 0 Å². The summed E-state index contributed by atoms with van der Waals surface area (Å²) in [7, 11) is 3.98. The summed E-state index contributed by atoms with van der Waals surface area (Å²) >= 11 is 0. The zero-order chi connectivity index (χ0) is 17.8. The molecular formula is C19H25N5O. The first-order chi connectivity index (χ1) is 12.1. The highest BCUT2D eigenvalue weighted by Crippen LogP contribution is 2.31. The van der Waals surface area contributed by atoms with Crippen LogP contribution in [0.1, 0.15) is 18.1 Å². The SMILES string of the molecule is CCNC(=O)N1CCc2ccc(NCc3cccnc3N(C)C)cc21. The number of carbonyl (C=O) groups is 1. The minimum Gasteiger partial charge on any atom is -0.381 e. The summed E-state index contributed by atoms with van der Waals surface area (Å²) in [6, 6.07) is 10.2. The largest absolute Gasteiger partial charge is 0.381 e. The molecule has 0 spiro atoms. The molecular weight excluding hydrogens is 314 g/mol. The molecule has 3 rings (SSSR count). The molecule has 25 heavy (non-hydrogen) atoms. The van der Waals surface area contributed by atoms with Gasteiger partial charge in [-0.3, -0.25) is 4.90 Å². The monoisotopic (exact) mass is 339 g/mol. The van der Waals surface area contributed by atoms with Crippen molar-refractivity contribution in [3.63, 3.8) is 0 Å². The average molecular weight is 339 g/mol. The first-order valence-corrected chi connectivity index (χ1v) is 8.63. The molecule has 0 unspecified atom stereocenters. The zero-order valence-corrected chi connectivity index (χ0v) is 15.0. The van der Waals surface area contributed by atoms with Crippen molar-refractivity contribution >= 4 is 23.2 Å². The summed E-state index contributed by atoms with van der Waals surface area (Å²) in [5, 5.41) is 6.33. The summed E-state index contributed by atoms with van der Waals surface area (Å²) in [5.41, 5.74) is 4.35. The van der Waals surface area contributed by atoms with E-state index in [1.54, 1.807) is 6.20 Å². The van der Waals surface area contributed by atoms with E-state index in [4.69, 9.17) is 0 Å². The van der Waals surface area contributed by atoms with Gasteiger partial charge in [0.1, 0.15) is 5.82 Å². The van der Waals surface area contributed by atoms with E-state index >= 15 is 0 Å². The highest BCUT2D eigenvalue weighted by atomic mass is 16.2. The van der Waals surface area contributed by atoms with Crippen LogP contribution in [0, 0.1) is 0 Å². The van der Waals surface area contributed by atoms with Crippen LogP contribution in [0.15, 0.2) is 36.5 Å². The summed E-state index contributed by atoms with van der Waals surface area (Å²) < 4.78 is 0. The Bertz CT molecular complexity index is 759. The summed E-state index contributed by atoms with van der Waals surface area (Å²) in [6.45, 7) is 3.99. The molecule has 0 aliphatic carbocycles. The number of carbonyl (C=O) groups excluding carboxylic acids is 1. The van der Waals surface area contributed by atoms with Crippen LogP contribution >= 0.6 is 0 Å². The maximum Gasteiger partial charge on any atom is 0.321 e. The molecule has 2 amide bonds. The van der Waals surface area contributed by atoms with Crippen molar-refractivity contribution in [3.05, 3.63) is 47.7 Å². The smallest absolute Gasteiger partial charge is 0.321 e. The number of hydrogen-bond donors (Lipinski definition) is 2. The highest BCUT2D eigenvalue weighted by molar-refractivity contribution is 5.94. The van der Waals surface area contributed by atoms with Gasteiger partial charge in [0.2, 0.25) is 0 Å². The number of nitrogens with one attached hydrogen (secondary N) is 2. The Kier molecular flexibility index (Phi) is 5.07. The zero-order valence-electron chi connectivity index (χ0n) is 15.0. The van der Waals surface area contributed by atoms with Gasteiger partial charge < -0.3 is 15.5 Å². The maximum atomic E-state index is 12.2. The Labute approximate surface area is 148 Å². The first kappa shape index (κ1) is 17.1. The Morgan fingerprint density at radius 1 is 1.32 bits per heavy atom. The van der Waals surface area contributed by atoms with E-state index in [2.05, 4.69) is 39.9 Å². The normalized spacial score (nSPS) is 12.7. The number of urea groups is 1. The van der Waals surface area contributed by atoms with Gasteiger partial charge in [0.15, 0.2) is 0 Å². The van der Waals surface area contributed by atoms with Gasteiger partial charge in [-0.2, -0.15) is 0 Å². The molecule has 1 aromatic heterocycles. The Morgan fingerprint density at radius 3 is 2.92 bits per heavy atom. The minimum absolute atomic E-state index is 0.0273. The topological polar surface area (TPSA) is 60.5 Å². The van der Waals surface area contributed by atoms with Crippen LogP contribution < -0.4 is 20.4 Å². The fourth-order valence-electron chi connectivity index (χ4n) is 3.12. The van der Waals surface area contributed by atoms with Gasteiger partial charge >= 0.3 is 6.03 Å². The van der Waals surface area contributed by atoms with Gasteiger partial charge in [-0.1, -0.05) is 12.1 Å². The van der Waals surface area contributed by atoms with Crippen molar-refractivity contribution in [2.75, 3.05) is 42.3 Å². The van der Waals surface area contributed by atoms with E-state index in [0.717, 1.165) is 35.7 Å². The molecule has 1 aliphatic heterocycles. The Balaban J connectivity index is 1.75. The number of hydrogen-bond acceptors (Lipinski definition) is 4. The van der Waals surface area contributed by atoms with Crippen molar-refractivity contribution in [2.45, 2.75) is 19.9 Å². The summed E-state index contributed by atoms with van der Waals surface area (Å²) in [5.74, 6) is 0.958. The van der Waals surface area contributed by atoms with E-state index in [-0.39, 0.29) is 6.03 Å². The van der Waals surface area contributed by atoms with Crippen molar-refractivity contribution in [1.29, 1.82) is 0 Å². The molecule has 0 saturated heterocycles. The van der Waals surface area contributed by atoms with E-state index in [0.29, 0.717) is 13.1 Å². The second-order valence-corrected chi connectivity index (χ2v) is 6.31. The third kappa shape index (κ3) is 3.68. The van der Waals surface area contributed by atoms with Crippen LogP contribution in [0.4, 0.5) is 22.0 Å². The van der Waals surface area contributed by atoms with Crippen molar-refractivity contribution in [2.24, 2.45) is 0 Å². The molecule has 2 N–H and O–H groups in total. The lowest BCUT2D eigenvalue weighted by Gasteiger charge is -2.19. The molecule has 6 nitrogen and oxygen atoms in total. The summed E-state index contributed by atoms with van der Waals surface area (Å²) in [6.07, 6.45) is 2.71. The highest BCUT2D eigenvalue weighted by Gasteiger charge is 2.24. The lowest BCUT2D eigenvalue weighted by Crippen LogP contribution is -2.38. The number of anilines is 3. The van der Waals surface area contributed by atoms with Gasteiger partial charge in [0, 0.05) is 51.2 Å². The second-order valence-electron chi connectivity index (χ2n) is 6.31. The van der Waals surface area contributed by atoms with E-state index in [9.17, 15) is 4.79 Å². The Morgan fingerprint density at radius 2 is 2.16 bits per heavy atom. The number of fused-ring (bicyclic) bond motifs is 1. The van der Waals surface area contributed by atoms with Crippen molar-refractivity contribution < 1.29 is 4.79 Å². The lowest BCUT2D eigenvalue weighted by molar-refractivity contribution is 0.247. The predicted molar refractivity (Wildman–Crippen MR) is 102 cm³/mol. The van der Waals surface area contributed by atoms with Crippen LogP contribution in [0.2, 0.25) is 0 Å². The van der Waals surface area contributed by atoms with E-state index in [1.807, 2.05) is 36.9 Å². The molecule has 0 bridgehead atoms. The number of rotatable bonds is 5. The molecule has 1 aromatic carbocycles. The third-order valence-corrected chi connectivity index (χ3v) is 4.33. The third-order valence-electron chi connectivity index (χ3n) is 4.33. The number of aromatic nitrogens is 1. The standard InChI is InChI=1S/C19H25N5O/c1-4-20-19(25)24-11-9-14-7-8-16(12-17(14)24)22-13-15-6-5-10-21-18(15)23(2)3/h5-8,10,12,22H,4,9,11,13H2,1-3H3,(H,20,25). The Hall–Kier alpha value is -2.76. The van der Waals surface area contributed by atoms with Crippen LogP contribution in [0.25, 0.3) is 0 Å². The average Bonchev–Trinajstić information content (AvgIpc) is 3.03. The van der Waals surface area contributed by atoms with Crippen molar-refractivity contribution in [1.82, 2.24) is 10.3 Å². The predicted octanol–water partition coefficient (Wildman–Crippen LogP) is 2.85. The van der Waals surface area contributed by atoms with Crippen molar-refractivity contribution in [3.8, 4) is 0 Å². The number of pyridine rings is 1. The van der Waals surface area contributed by atoms with Gasteiger partial charge in [0.05, 0.1) is 5.69 Å². The van der Waals surface area contributed by atoms with Gasteiger partial charge in [-0.05, 0) is 37.1 Å². The molecule has 1 aliphatic rings. The summed E-state index contributed by atoms with van der Waals surface area (Å²) in [4.78, 5) is 20.5. The fraction of sp³-hybridized carbons (Fsp3) is 0.368. The molecule has 0 radical (unpaired) electrons. The van der Waals surface area contributed by atoms with Gasteiger partial charge in [0.25, 0.3) is 0 Å². The molecule has 0 saturated carbocycles. The maximum absolute atomic E-state index is 12.2. The number of benzene rings is 1. The van der Waals surface area contributed by atoms with Crippen LogP contribution in [-0.2, 0) is 13.0 Å². The molecule has 132 valence electrons.